The number of nitriles is 1. The predicted octanol–water partition coefficient (Wildman–Crippen LogP) is 2.45. The number of rotatable bonds is 1. The largest absolute Gasteiger partial charge is 0.192 e. The molecular weight excluding hydrogens is 190 g/mol. The molecule has 50 valence electrons. The number of alkyl halides is 1. The van der Waals surface area contributed by atoms with Crippen LogP contribution < -0.4 is 0 Å². The molecule has 0 heterocycles. The minimum Gasteiger partial charge on any atom is -0.192 e. The van der Waals surface area contributed by atoms with Crippen molar-refractivity contribution in [3.63, 3.8) is 0 Å². The molecule has 0 spiro atoms. The van der Waals surface area contributed by atoms with E-state index in [-0.39, 0.29) is 0 Å². The van der Waals surface area contributed by atoms with Gasteiger partial charge < -0.3 is 0 Å². The lowest BCUT2D eigenvalue weighted by molar-refractivity contribution is 1.40. The Hall–Kier alpha value is -0.810. The average molecular weight is 198 g/mol. The molecule has 0 atom stereocenters. The van der Waals surface area contributed by atoms with Crippen molar-refractivity contribution in [3.05, 3.63) is 35.4 Å². The van der Waals surface area contributed by atoms with Crippen LogP contribution in [-0.4, -0.2) is 0 Å². The Balaban J connectivity index is 3.13. The first-order valence-corrected chi connectivity index (χ1v) is 3.53. The maximum atomic E-state index is 8.54. The van der Waals surface area contributed by atoms with Gasteiger partial charge >= 0.3 is 0 Å². The van der Waals surface area contributed by atoms with Crippen LogP contribution in [0.5, 0.6) is 0 Å². The Kier molecular flexibility index (Phi) is 1.66. The lowest BCUT2D eigenvalue weighted by Gasteiger charge is -1.92. The van der Waals surface area contributed by atoms with Crippen LogP contribution in [-0.2, 0) is 5.28 Å². The first-order valence-electron chi connectivity index (χ1n) is 3.73. The summed E-state index contributed by atoms with van der Waals surface area (Å²) in [4.78, 5) is 0. The molecule has 0 bridgehead atoms. The summed E-state index contributed by atoms with van der Waals surface area (Å²) in [7, 11) is 0. The van der Waals surface area contributed by atoms with E-state index in [4.69, 9.17) is 8.00 Å². The number of hydrogen-bond donors (Lipinski definition) is 0. The number of halogens is 1. The van der Waals surface area contributed by atoms with Crippen LogP contribution in [0.3, 0.4) is 0 Å². The molecule has 10 heavy (non-hydrogen) atoms. The van der Waals surface area contributed by atoms with Crippen LogP contribution >= 0.6 is 15.9 Å². The van der Waals surface area contributed by atoms with Crippen LogP contribution in [0, 0.1) is 11.3 Å². The summed E-state index contributed by atoms with van der Waals surface area (Å²) in [6, 6.07) is 8.41. The standard InChI is InChI=1S/C8H6BrN/c9-5-7-2-1-3-8(4-7)6-10/h1-4H,5H2/i5D2. The summed E-state index contributed by atoms with van der Waals surface area (Å²) in [5.74, 6) is 0. The van der Waals surface area contributed by atoms with Gasteiger partial charge in [0.15, 0.2) is 0 Å². The van der Waals surface area contributed by atoms with Gasteiger partial charge in [-0.1, -0.05) is 28.1 Å². The third-order valence-corrected chi connectivity index (χ3v) is 1.56. The molecule has 1 aromatic carbocycles. The molecule has 2 heteroatoms. The van der Waals surface area contributed by atoms with Gasteiger partial charge in [0.1, 0.15) is 0 Å². The molecule has 1 aromatic rings. The molecule has 0 aliphatic carbocycles. The van der Waals surface area contributed by atoms with Crippen molar-refractivity contribution >= 4 is 15.9 Å². The van der Waals surface area contributed by atoms with Crippen molar-refractivity contribution in [3.8, 4) is 6.07 Å². The molecular formula is C8H6BrN. The molecule has 0 saturated heterocycles. The van der Waals surface area contributed by atoms with Gasteiger partial charge in [0.25, 0.3) is 0 Å². The Labute approximate surface area is 71.2 Å². The zero-order chi connectivity index (χ0) is 9.19. The lowest BCUT2D eigenvalue weighted by Crippen LogP contribution is -1.78. The SMILES string of the molecule is [2H]C([2H])(Br)c1cccc(C#N)c1. The second-order valence-electron chi connectivity index (χ2n) is 1.79. The van der Waals surface area contributed by atoms with Crippen molar-refractivity contribution in [2.75, 3.05) is 0 Å². The Bertz CT molecular complexity index is 325. The van der Waals surface area contributed by atoms with Gasteiger partial charge in [-0.05, 0) is 17.7 Å². The summed E-state index contributed by atoms with van der Waals surface area (Å²) >= 11 is 2.87. The van der Waals surface area contributed by atoms with E-state index < -0.39 is 5.28 Å². The van der Waals surface area contributed by atoms with Crippen molar-refractivity contribution in [2.45, 2.75) is 5.28 Å². The van der Waals surface area contributed by atoms with Crippen molar-refractivity contribution < 1.29 is 2.74 Å². The van der Waals surface area contributed by atoms with E-state index in [1.165, 1.54) is 6.07 Å². The van der Waals surface area contributed by atoms with E-state index in [0.29, 0.717) is 11.1 Å². The van der Waals surface area contributed by atoms with Crippen molar-refractivity contribution in [1.29, 1.82) is 5.26 Å². The fraction of sp³-hybridized carbons (Fsp3) is 0.125. The molecule has 0 saturated carbocycles. The van der Waals surface area contributed by atoms with Crippen LogP contribution in [0.25, 0.3) is 0 Å². The minimum atomic E-state index is -1.56. The molecule has 0 unspecified atom stereocenters. The molecule has 0 radical (unpaired) electrons. The smallest absolute Gasteiger partial charge is 0.0991 e. The Morgan fingerprint density at radius 1 is 1.70 bits per heavy atom. The van der Waals surface area contributed by atoms with Gasteiger partial charge in [-0.3, -0.25) is 0 Å². The Morgan fingerprint density at radius 2 is 2.50 bits per heavy atom. The highest BCUT2D eigenvalue weighted by atomic mass is 79.9. The van der Waals surface area contributed by atoms with E-state index in [2.05, 4.69) is 15.9 Å². The first kappa shape index (κ1) is 4.92. The molecule has 1 rings (SSSR count). The summed E-state index contributed by atoms with van der Waals surface area (Å²) in [5.41, 5.74) is 0.928. The Morgan fingerprint density at radius 3 is 3.10 bits per heavy atom. The van der Waals surface area contributed by atoms with Gasteiger partial charge in [0.05, 0.1) is 11.6 Å². The molecule has 1 nitrogen and oxygen atoms in total. The molecule has 0 aromatic heterocycles. The zero-order valence-corrected chi connectivity index (χ0v) is 6.72. The van der Waals surface area contributed by atoms with Crippen LogP contribution in [0.15, 0.2) is 24.3 Å². The predicted molar refractivity (Wildman–Crippen MR) is 43.8 cm³/mol. The molecule has 0 N–H and O–H groups in total. The van der Waals surface area contributed by atoms with Crippen LogP contribution in [0.1, 0.15) is 13.9 Å². The monoisotopic (exact) mass is 197 g/mol. The average Bonchev–Trinajstić information content (AvgIpc) is 2.03. The maximum Gasteiger partial charge on any atom is 0.0991 e. The van der Waals surface area contributed by atoms with Gasteiger partial charge in [0.2, 0.25) is 0 Å². The summed E-state index contributed by atoms with van der Waals surface area (Å²) in [5, 5.41) is 6.98. The number of hydrogen-bond acceptors (Lipinski definition) is 1. The van der Waals surface area contributed by atoms with E-state index in [0.717, 1.165) is 0 Å². The summed E-state index contributed by atoms with van der Waals surface area (Å²) in [6.45, 7) is 0. The van der Waals surface area contributed by atoms with Crippen LogP contribution in [0.4, 0.5) is 0 Å². The summed E-state index contributed by atoms with van der Waals surface area (Å²) in [6.07, 6.45) is 0. The second-order valence-corrected chi connectivity index (χ2v) is 2.18. The zero-order valence-electron chi connectivity index (χ0n) is 7.13. The molecule has 0 fully saturated rings. The third kappa shape index (κ3) is 1.58. The fourth-order valence-electron chi connectivity index (χ4n) is 0.648. The summed E-state index contributed by atoms with van der Waals surface area (Å²) < 4.78 is 14.6. The topological polar surface area (TPSA) is 23.8 Å². The third-order valence-electron chi connectivity index (χ3n) is 1.10. The lowest BCUT2D eigenvalue weighted by atomic mass is 10.2. The van der Waals surface area contributed by atoms with Gasteiger partial charge in [-0.2, -0.15) is 5.26 Å². The van der Waals surface area contributed by atoms with Gasteiger partial charge in [-0.15, -0.1) is 0 Å². The van der Waals surface area contributed by atoms with Crippen molar-refractivity contribution in [1.82, 2.24) is 0 Å². The van der Waals surface area contributed by atoms with E-state index in [9.17, 15) is 0 Å². The van der Waals surface area contributed by atoms with Crippen LogP contribution in [0.2, 0.25) is 0 Å². The van der Waals surface area contributed by atoms with E-state index >= 15 is 0 Å². The second kappa shape index (κ2) is 3.38. The number of benzene rings is 1. The molecule has 0 aliphatic heterocycles. The first-order chi connectivity index (χ1) is 5.54. The quantitative estimate of drug-likeness (QED) is 0.635. The highest BCUT2D eigenvalue weighted by molar-refractivity contribution is 9.08. The van der Waals surface area contributed by atoms with Gasteiger partial charge in [0, 0.05) is 8.02 Å². The minimum absolute atomic E-state index is 0.460. The maximum absolute atomic E-state index is 8.54. The normalized spacial score (nSPS) is 13.2. The number of nitrogens with zero attached hydrogens (tertiary/aromatic N) is 1. The molecule has 0 amide bonds. The highest BCUT2D eigenvalue weighted by Gasteiger charge is 1.90. The van der Waals surface area contributed by atoms with Crippen molar-refractivity contribution in [2.24, 2.45) is 0 Å². The van der Waals surface area contributed by atoms with Gasteiger partial charge in [-0.25, -0.2) is 0 Å². The highest BCUT2D eigenvalue weighted by Crippen LogP contribution is 2.07. The fourth-order valence-corrected chi connectivity index (χ4v) is 0.894. The molecule has 0 aliphatic rings. The van der Waals surface area contributed by atoms with E-state index in [1.54, 1.807) is 18.2 Å². The van der Waals surface area contributed by atoms with E-state index in [1.807, 2.05) is 6.07 Å².